The summed E-state index contributed by atoms with van der Waals surface area (Å²) in [6.45, 7) is 1.14. The number of fused-ring (bicyclic) bond motifs is 2. The molecule has 0 radical (unpaired) electrons. The second-order valence-electron chi connectivity index (χ2n) is 7.46. The molecule has 1 saturated heterocycles. The average Bonchev–Trinajstić information content (AvgIpc) is 2.88. The number of rotatable bonds is 1. The number of piperazine rings is 1. The van der Waals surface area contributed by atoms with Crippen molar-refractivity contribution in [2.75, 3.05) is 25.0 Å². The van der Waals surface area contributed by atoms with Crippen LogP contribution in [0.3, 0.4) is 0 Å². The molecule has 7 nitrogen and oxygen atoms in total. The molecule has 2 heterocycles. The lowest BCUT2D eigenvalue weighted by molar-refractivity contribution is -0.192. The van der Waals surface area contributed by atoms with Crippen molar-refractivity contribution in [3.05, 3.63) is 53.3 Å². The van der Waals surface area contributed by atoms with E-state index in [0.717, 1.165) is 6.07 Å². The van der Waals surface area contributed by atoms with Gasteiger partial charge in [0.05, 0.1) is 16.8 Å². The van der Waals surface area contributed by atoms with Gasteiger partial charge in [-0.1, -0.05) is 6.07 Å². The first kappa shape index (κ1) is 25.9. The molecule has 0 unspecified atom stereocenters. The Balaban J connectivity index is 0.000000429. The van der Waals surface area contributed by atoms with E-state index in [-0.39, 0.29) is 28.3 Å². The van der Waals surface area contributed by atoms with Gasteiger partial charge in [0.15, 0.2) is 0 Å². The zero-order chi connectivity index (χ0) is 26.1. The van der Waals surface area contributed by atoms with E-state index < -0.39 is 41.7 Å². The SMILES string of the molecule is O=C(O)C(F)(F)F.O=C1Nc2ccc(-c3cc(C(F)(F)F)ccc3F)cc2C(=O)N2CCNC[C@@H]12. The number of amides is 2. The molecule has 188 valence electrons. The molecular weight excluding hydrogens is 491 g/mol. The predicted octanol–water partition coefficient (Wildman–Crippen LogP) is 3.51. The van der Waals surface area contributed by atoms with Gasteiger partial charge in [-0.3, -0.25) is 9.59 Å². The summed E-state index contributed by atoms with van der Waals surface area (Å²) in [5.41, 5.74) is -0.760. The molecule has 0 saturated carbocycles. The standard InChI is InChI=1S/C19H15F4N3O2.C2HF3O2/c20-14-3-2-11(19(21,22)23)8-12(14)10-1-4-15-13(7-10)18(28)26-6-5-24-9-16(26)17(27)25-15;3-2(4,5)1(6)7/h1-4,7-8,16,24H,5-6,9H2,(H,25,27);(H,6,7)/t16-;/m0./s1. The number of alkyl halides is 6. The van der Waals surface area contributed by atoms with Crippen LogP contribution in [-0.4, -0.2) is 59.6 Å². The van der Waals surface area contributed by atoms with Crippen molar-refractivity contribution in [2.24, 2.45) is 0 Å². The fourth-order valence-electron chi connectivity index (χ4n) is 3.47. The molecule has 1 atom stereocenters. The normalized spacial score (nSPS) is 17.9. The van der Waals surface area contributed by atoms with E-state index in [1.807, 2.05) is 0 Å². The quantitative estimate of drug-likeness (QED) is 0.514. The maximum absolute atomic E-state index is 14.2. The van der Waals surface area contributed by atoms with Crippen molar-refractivity contribution in [1.82, 2.24) is 10.2 Å². The summed E-state index contributed by atoms with van der Waals surface area (Å²) < 4.78 is 85.0. The van der Waals surface area contributed by atoms with E-state index in [9.17, 15) is 40.3 Å². The Bertz CT molecular complexity index is 1160. The van der Waals surface area contributed by atoms with Crippen molar-refractivity contribution in [2.45, 2.75) is 18.4 Å². The van der Waals surface area contributed by atoms with Crippen molar-refractivity contribution in [1.29, 1.82) is 0 Å². The summed E-state index contributed by atoms with van der Waals surface area (Å²) in [4.78, 5) is 35.7. The highest BCUT2D eigenvalue weighted by Crippen LogP contribution is 2.35. The van der Waals surface area contributed by atoms with Crippen LogP contribution in [0.5, 0.6) is 0 Å². The van der Waals surface area contributed by atoms with Crippen LogP contribution in [0.15, 0.2) is 36.4 Å². The van der Waals surface area contributed by atoms with Gasteiger partial charge >= 0.3 is 18.3 Å². The van der Waals surface area contributed by atoms with Crippen molar-refractivity contribution in [3.8, 4) is 11.1 Å². The van der Waals surface area contributed by atoms with Crippen LogP contribution < -0.4 is 10.6 Å². The number of nitrogens with one attached hydrogen (secondary N) is 2. The summed E-state index contributed by atoms with van der Waals surface area (Å²) in [7, 11) is 0. The minimum atomic E-state index is -5.08. The van der Waals surface area contributed by atoms with Gasteiger partial charge in [-0.25, -0.2) is 9.18 Å². The molecule has 4 rings (SSSR count). The van der Waals surface area contributed by atoms with Crippen molar-refractivity contribution < 1.29 is 50.2 Å². The number of carboxylic acid groups (broad SMARTS) is 1. The number of carbonyl (C=O) groups excluding carboxylic acids is 2. The second-order valence-corrected chi connectivity index (χ2v) is 7.46. The number of aliphatic carboxylic acids is 1. The number of carbonyl (C=O) groups is 3. The first-order chi connectivity index (χ1) is 16.2. The molecule has 2 aromatic carbocycles. The van der Waals surface area contributed by atoms with E-state index in [1.165, 1.54) is 23.1 Å². The molecule has 1 fully saturated rings. The van der Waals surface area contributed by atoms with Crippen LogP contribution in [0.1, 0.15) is 15.9 Å². The third-order valence-corrected chi connectivity index (χ3v) is 5.16. The molecule has 0 aliphatic carbocycles. The molecule has 2 aromatic rings. The lowest BCUT2D eigenvalue weighted by Crippen LogP contribution is -2.57. The van der Waals surface area contributed by atoms with Gasteiger partial charge in [0.1, 0.15) is 11.9 Å². The van der Waals surface area contributed by atoms with Crippen molar-refractivity contribution >= 4 is 23.5 Å². The summed E-state index contributed by atoms with van der Waals surface area (Å²) in [6, 6.07) is 5.56. The average molecular weight is 507 g/mol. The zero-order valence-electron chi connectivity index (χ0n) is 17.4. The summed E-state index contributed by atoms with van der Waals surface area (Å²) in [6.07, 6.45) is -9.70. The fourth-order valence-corrected chi connectivity index (χ4v) is 3.47. The molecule has 2 amide bonds. The third kappa shape index (κ3) is 5.70. The smallest absolute Gasteiger partial charge is 0.475 e. The van der Waals surface area contributed by atoms with Crippen LogP contribution in [0.4, 0.5) is 36.4 Å². The Morgan fingerprint density at radius 3 is 2.26 bits per heavy atom. The van der Waals surface area contributed by atoms with Gasteiger partial charge in [0.2, 0.25) is 5.91 Å². The first-order valence-corrected chi connectivity index (χ1v) is 9.84. The number of hydrogen-bond acceptors (Lipinski definition) is 4. The Kier molecular flexibility index (Phi) is 7.06. The Morgan fingerprint density at radius 1 is 1.00 bits per heavy atom. The van der Waals surface area contributed by atoms with Gasteiger partial charge < -0.3 is 20.6 Å². The molecule has 0 spiro atoms. The van der Waals surface area contributed by atoms with Crippen LogP contribution in [0.25, 0.3) is 11.1 Å². The van der Waals surface area contributed by atoms with E-state index in [0.29, 0.717) is 31.8 Å². The van der Waals surface area contributed by atoms with Gasteiger partial charge in [-0.05, 0) is 35.9 Å². The molecule has 3 N–H and O–H groups in total. The van der Waals surface area contributed by atoms with Crippen LogP contribution in [0, 0.1) is 5.82 Å². The van der Waals surface area contributed by atoms with E-state index in [2.05, 4.69) is 10.6 Å². The lowest BCUT2D eigenvalue weighted by Gasteiger charge is -2.33. The number of hydrogen-bond donors (Lipinski definition) is 3. The highest BCUT2D eigenvalue weighted by Gasteiger charge is 2.38. The monoisotopic (exact) mass is 507 g/mol. The molecule has 0 bridgehead atoms. The third-order valence-electron chi connectivity index (χ3n) is 5.16. The Labute approximate surface area is 192 Å². The summed E-state index contributed by atoms with van der Waals surface area (Å²) in [5.74, 6) is -4.36. The van der Waals surface area contributed by atoms with Crippen LogP contribution in [0.2, 0.25) is 0 Å². The highest BCUT2D eigenvalue weighted by atomic mass is 19.4. The Hall–Kier alpha value is -3.68. The highest BCUT2D eigenvalue weighted by molar-refractivity contribution is 6.10. The topological polar surface area (TPSA) is 98.7 Å². The minimum absolute atomic E-state index is 0.118. The molecule has 0 aromatic heterocycles. The number of anilines is 1. The van der Waals surface area contributed by atoms with E-state index >= 15 is 0 Å². The molecule has 14 heteroatoms. The first-order valence-electron chi connectivity index (χ1n) is 9.84. The minimum Gasteiger partial charge on any atom is -0.475 e. The van der Waals surface area contributed by atoms with Crippen LogP contribution in [-0.2, 0) is 15.8 Å². The lowest BCUT2D eigenvalue weighted by atomic mass is 9.98. The summed E-state index contributed by atoms with van der Waals surface area (Å²) >= 11 is 0. The molecule has 35 heavy (non-hydrogen) atoms. The van der Waals surface area contributed by atoms with E-state index in [1.54, 1.807) is 0 Å². The van der Waals surface area contributed by atoms with Gasteiger partial charge in [-0.2, -0.15) is 26.3 Å². The predicted molar refractivity (Wildman–Crippen MR) is 107 cm³/mol. The number of halogens is 7. The summed E-state index contributed by atoms with van der Waals surface area (Å²) in [5, 5.41) is 12.8. The van der Waals surface area contributed by atoms with Gasteiger partial charge in [0, 0.05) is 25.2 Å². The molecule has 2 aliphatic heterocycles. The number of carboxylic acids is 1. The maximum Gasteiger partial charge on any atom is 0.490 e. The Morgan fingerprint density at radius 2 is 1.66 bits per heavy atom. The second kappa shape index (κ2) is 9.52. The largest absolute Gasteiger partial charge is 0.490 e. The fraction of sp³-hybridized carbons (Fsp3) is 0.286. The molecule has 2 aliphatic rings. The molecular formula is C21H16F7N3O4. The zero-order valence-corrected chi connectivity index (χ0v) is 17.4. The number of benzene rings is 2. The van der Waals surface area contributed by atoms with Crippen molar-refractivity contribution in [3.63, 3.8) is 0 Å². The van der Waals surface area contributed by atoms with Gasteiger partial charge in [0.25, 0.3) is 5.91 Å². The van der Waals surface area contributed by atoms with Crippen LogP contribution >= 0.6 is 0 Å². The number of nitrogens with zero attached hydrogens (tertiary/aromatic N) is 1. The van der Waals surface area contributed by atoms with Gasteiger partial charge in [-0.15, -0.1) is 0 Å². The maximum atomic E-state index is 14.2. The van der Waals surface area contributed by atoms with E-state index in [4.69, 9.17) is 9.90 Å².